The standard InChI is InChI=1S/C19H24N2O4S/c1-4-21(14-19(22)20-16-8-6-15(3)7-9-16)26(23,24)18-12-10-17(11-13-18)25-5-2/h6-13H,4-5,14H2,1-3H3,(H,20,22). The van der Waals surface area contributed by atoms with Crippen LogP contribution in [-0.4, -0.2) is 38.3 Å². The van der Waals surface area contributed by atoms with E-state index in [0.29, 0.717) is 18.0 Å². The first kappa shape index (κ1) is 19.9. The summed E-state index contributed by atoms with van der Waals surface area (Å²) in [5, 5.41) is 2.72. The Morgan fingerprint density at radius 3 is 2.19 bits per heavy atom. The van der Waals surface area contributed by atoms with E-state index >= 15 is 0 Å². The minimum atomic E-state index is -3.76. The van der Waals surface area contributed by atoms with Crippen LogP contribution < -0.4 is 10.1 Å². The molecule has 0 spiro atoms. The number of rotatable bonds is 8. The van der Waals surface area contributed by atoms with Crippen LogP contribution in [0.5, 0.6) is 5.75 Å². The van der Waals surface area contributed by atoms with Gasteiger partial charge in [0.15, 0.2) is 0 Å². The zero-order valence-corrected chi connectivity index (χ0v) is 16.0. The molecule has 2 rings (SSSR count). The van der Waals surface area contributed by atoms with E-state index in [1.165, 1.54) is 12.1 Å². The number of aryl methyl sites for hydroxylation is 1. The molecule has 2 aromatic carbocycles. The minimum Gasteiger partial charge on any atom is -0.494 e. The largest absolute Gasteiger partial charge is 0.494 e. The molecule has 1 amide bonds. The number of carbonyl (C=O) groups is 1. The van der Waals surface area contributed by atoms with E-state index in [2.05, 4.69) is 5.32 Å². The molecule has 0 saturated carbocycles. The van der Waals surface area contributed by atoms with E-state index in [1.54, 1.807) is 31.2 Å². The number of amides is 1. The molecule has 1 N–H and O–H groups in total. The van der Waals surface area contributed by atoms with Crippen LogP contribution in [0.1, 0.15) is 19.4 Å². The van der Waals surface area contributed by atoms with Gasteiger partial charge >= 0.3 is 0 Å². The van der Waals surface area contributed by atoms with Gasteiger partial charge < -0.3 is 10.1 Å². The normalized spacial score (nSPS) is 11.4. The van der Waals surface area contributed by atoms with Gasteiger partial charge in [-0.1, -0.05) is 24.6 Å². The molecule has 6 nitrogen and oxygen atoms in total. The molecule has 26 heavy (non-hydrogen) atoms. The van der Waals surface area contributed by atoms with E-state index in [-0.39, 0.29) is 23.9 Å². The maximum absolute atomic E-state index is 12.8. The number of carbonyl (C=O) groups excluding carboxylic acids is 1. The van der Waals surface area contributed by atoms with Crippen LogP contribution in [0.2, 0.25) is 0 Å². The Labute approximate surface area is 154 Å². The third kappa shape index (κ3) is 5.06. The number of benzene rings is 2. The molecular formula is C19H24N2O4S. The van der Waals surface area contributed by atoms with E-state index in [4.69, 9.17) is 4.74 Å². The molecule has 0 saturated heterocycles. The first-order chi connectivity index (χ1) is 12.4. The lowest BCUT2D eigenvalue weighted by Crippen LogP contribution is -2.37. The highest BCUT2D eigenvalue weighted by molar-refractivity contribution is 7.89. The number of hydrogen-bond acceptors (Lipinski definition) is 4. The van der Waals surface area contributed by atoms with Gasteiger partial charge in [-0.25, -0.2) is 8.42 Å². The van der Waals surface area contributed by atoms with Crippen molar-refractivity contribution in [1.29, 1.82) is 0 Å². The number of nitrogens with zero attached hydrogens (tertiary/aromatic N) is 1. The number of nitrogens with one attached hydrogen (secondary N) is 1. The summed E-state index contributed by atoms with van der Waals surface area (Å²) in [6.07, 6.45) is 0. The minimum absolute atomic E-state index is 0.130. The highest BCUT2D eigenvalue weighted by atomic mass is 32.2. The van der Waals surface area contributed by atoms with Crippen LogP contribution in [-0.2, 0) is 14.8 Å². The van der Waals surface area contributed by atoms with Crippen molar-refractivity contribution in [2.75, 3.05) is 25.0 Å². The summed E-state index contributed by atoms with van der Waals surface area (Å²) in [7, 11) is -3.76. The molecule has 0 atom stereocenters. The average molecular weight is 376 g/mol. The number of hydrogen-bond donors (Lipinski definition) is 1. The fraction of sp³-hybridized carbons (Fsp3) is 0.316. The number of likely N-dealkylation sites (N-methyl/N-ethyl adjacent to an activating group) is 1. The maximum atomic E-state index is 12.8. The van der Waals surface area contributed by atoms with E-state index in [1.807, 2.05) is 26.0 Å². The molecule has 0 bridgehead atoms. The molecule has 7 heteroatoms. The lowest BCUT2D eigenvalue weighted by atomic mass is 10.2. The second-order valence-electron chi connectivity index (χ2n) is 5.75. The Morgan fingerprint density at radius 2 is 1.65 bits per heavy atom. The summed E-state index contributed by atoms with van der Waals surface area (Å²) in [5.41, 5.74) is 1.71. The first-order valence-electron chi connectivity index (χ1n) is 8.46. The molecule has 2 aromatic rings. The quantitative estimate of drug-likeness (QED) is 0.768. The summed E-state index contributed by atoms with van der Waals surface area (Å²) in [4.78, 5) is 12.4. The van der Waals surface area contributed by atoms with Crippen molar-refractivity contribution in [2.45, 2.75) is 25.7 Å². The van der Waals surface area contributed by atoms with Crippen molar-refractivity contribution >= 4 is 21.6 Å². The maximum Gasteiger partial charge on any atom is 0.243 e. The molecule has 0 fully saturated rings. The number of sulfonamides is 1. The Morgan fingerprint density at radius 1 is 1.04 bits per heavy atom. The van der Waals surface area contributed by atoms with Crippen molar-refractivity contribution < 1.29 is 17.9 Å². The van der Waals surface area contributed by atoms with Crippen molar-refractivity contribution in [3.05, 3.63) is 54.1 Å². The third-order valence-electron chi connectivity index (χ3n) is 3.78. The molecular weight excluding hydrogens is 352 g/mol. The van der Waals surface area contributed by atoms with Gasteiger partial charge in [0.05, 0.1) is 18.0 Å². The van der Waals surface area contributed by atoms with Crippen LogP contribution in [0.3, 0.4) is 0 Å². The van der Waals surface area contributed by atoms with E-state index in [9.17, 15) is 13.2 Å². The number of ether oxygens (including phenoxy) is 1. The Hall–Kier alpha value is -2.38. The summed E-state index contributed by atoms with van der Waals surface area (Å²) < 4.78 is 32.0. The van der Waals surface area contributed by atoms with Crippen molar-refractivity contribution in [1.82, 2.24) is 4.31 Å². The second kappa shape index (κ2) is 8.82. The average Bonchev–Trinajstić information content (AvgIpc) is 2.62. The topological polar surface area (TPSA) is 75.7 Å². The van der Waals surface area contributed by atoms with Gasteiger partial charge in [-0.15, -0.1) is 0 Å². The second-order valence-corrected chi connectivity index (χ2v) is 7.69. The van der Waals surface area contributed by atoms with E-state index < -0.39 is 10.0 Å². The van der Waals surface area contributed by atoms with Crippen LogP contribution >= 0.6 is 0 Å². The zero-order valence-electron chi connectivity index (χ0n) is 15.2. The Bertz CT molecular complexity index is 831. The van der Waals surface area contributed by atoms with Gasteiger partial charge in [-0.2, -0.15) is 4.31 Å². The SMILES string of the molecule is CCOc1ccc(S(=O)(=O)N(CC)CC(=O)Nc2ccc(C)cc2)cc1. The van der Waals surface area contributed by atoms with Crippen LogP contribution in [0.15, 0.2) is 53.4 Å². The lowest BCUT2D eigenvalue weighted by Gasteiger charge is -2.20. The van der Waals surface area contributed by atoms with Gasteiger partial charge in [-0.05, 0) is 50.2 Å². The molecule has 0 aliphatic rings. The fourth-order valence-corrected chi connectivity index (χ4v) is 3.79. The summed E-state index contributed by atoms with van der Waals surface area (Å²) in [5.74, 6) is 0.219. The van der Waals surface area contributed by atoms with Crippen molar-refractivity contribution in [2.24, 2.45) is 0 Å². The molecule has 0 aromatic heterocycles. The monoisotopic (exact) mass is 376 g/mol. The Balaban J connectivity index is 2.10. The predicted octanol–water partition coefficient (Wildman–Crippen LogP) is 3.04. The molecule has 140 valence electrons. The molecule has 0 aliphatic heterocycles. The summed E-state index contributed by atoms with van der Waals surface area (Å²) in [6.45, 7) is 5.96. The van der Waals surface area contributed by atoms with Gasteiger partial charge in [0.25, 0.3) is 0 Å². The Kier molecular flexibility index (Phi) is 6.76. The highest BCUT2D eigenvalue weighted by Gasteiger charge is 2.25. The lowest BCUT2D eigenvalue weighted by molar-refractivity contribution is -0.116. The van der Waals surface area contributed by atoms with Crippen LogP contribution in [0, 0.1) is 6.92 Å². The highest BCUT2D eigenvalue weighted by Crippen LogP contribution is 2.20. The third-order valence-corrected chi connectivity index (χ3v) is 5.72. The predicted molar refractivity (Wildman–Crippen MR) is 102 cm³/mol. The van der Waals surface area contributed by atoms with Crippen molar-refractivity contribution in [3.63, 3.8) is 0 Å². The summed E-state index contributed by atoms with van der Waals surface area (Å²) >= 11 is 0. The van der Waals surface area contributed by atoms with Crippen molar-refractivity contribution in [3.8, 4) is 5.75 Å². The summed E-state index contributed by atoms with van der Waals surface area (Å²) in [6, 6.07) is 13.5. The molecule has 0 aliphatic carbocycles. The van der Waals surface area contributed by atoms with Gasteiger partial charge in [0.2, 0.25) is 15.9 Å². The fourth-order valence-electron chi connectivity index (χ4n) is 2.39. The van der Waals surface area contributed by atoms with E-state index in [0.717, 1.165) is 9.87 Å². The zero-order chi connectivity index (χ0) is 19.2. The van der Waals surface area contributed by atoms with Gasteiger partial charge in [0.1, 0.15) is 5.75 Å². The number of anilines is 1. The van der Waals surface area contributed by atoms with Gasteiger partial charge in [0, 0.05) is 12.2 Å². The van der Waals surface area contributed by atoms with Crippen LogP contribution in [0.25, 0.3) is 0 Å². The first-order valence-corrected chi connectivity index (χ1v) is 9.90. The smallest absolute Gasteiger partial charge is 0.243 e. The molecule has 0 radical (unpaired) electrons. The van der Waals surface area contributed by atoms with Crippen LogP contribution in [0.4, 0.5) is 5.69 Å². The molecule has 0 heterocycles. The molecule has 0 unspecified atom stereocenters. The van der Waals surface area contributed by atoms with Gasteiger partial charge in [-0.3, -0.25) is 4.79 Å².